The number of hydrogen-bond acceptors (Lipinski definition) is 1. The molecular weight excluding hydrogens is 220 g/mol. The molecule has 2 saturated carbocycles. The number of benzene rings is 1. The van der Waals surface area contributed by atoms with Gasteiger partial charge in [0, 0.05) is 12.3 Å². The third kappa shape index (κ3) is 2.50. The topological polar surface area (TPSA) is 17.1 Å². The molecule has 1 aromatic rings. The number of Topliss-reactive ketones (excluding diaryl/α,β-unsaturated/α-hetero) is 1. The SMILES string of the molecule is O=C1CCC(c2ccccc2)CC1CC1CCC1. The van der Waals surface area contributed by atoms with Gasteiger partial charge in [-0.3, -0.25) is 4.79 Å². The first-order valence-corrected chi connectivity index (χ1v) is 7.40. The van der Waals surface area contributed by atoms with Crippen LogP contribution in [-0.2, 0) is 4.79 Å². The maximum absolute atomic E-state index is 12.0. The first-order chi connectivity index (χ1) is 8.83. The summed E-state index contributed by atoms with van der Waals surface area (Å²) in [5.74, 6) is 2.37. The minimum Gasteiger partial charge on any atom is -0.299 e. The van der Waals surface area contributed by atoms with Crippen LogP contribution in [0.25, 0.3) is 0 Å². The lowest BCUT2D eigenvalue weighted by Gasteiger charge is -2.34. The molecule has 1 nitrogen and oxygen atoms in total. The van der Waals surface area contributed by atoms with Crippen LogP contribution in [0.5, 0.6) is 0 Å². The molecule has 2 atom stereocenters. The highest BCUT2D eigenvalue weighted by Crippen LogP contribution is 2.40. The summed E-state index contributed by atoms with van der Waals surface area (Å²) in [6, 6.07) is 10.8. The predicted octanol–water partition coefficient (Wildman–Crippen LogP) is 4.33. The third-order valence-corrected chi connectivity index (χ3v) is 4.88. The van der Waals surface area contributed by atoms with Gasteiger partial charge in [-0.25, -0.2) is 0 Å². The number of ketones is 1. The predicted molar refractivity (Wildman–Crippen MR) is 73.5 cm³/mol. The van der Waals surface area contributed by atoms with E-state index in [4.69, 9.17) is 0 Å². The van der Waals surface area contributed by atoms with Crippen molar-refractivity contribution in [3.63, 3.8) is 0 Å². The fourth-order valence-electron chi connectivity index (χ4n) is 3.50. The van der Waals surface area contributed by atoms with Crippen molar-refractivity contribution < 1.29 is 4.79 Å². The van der Waals surface area contributed by atoms with Crippen molar-refractivity contribution in [2.75, 3.05) is 0 Å². The summed E-state index contributed by atoms with van der Waals surface area (Å²) in [7, 11) is 0. The molecular formula is C17H22O. The van der Waals surface area contributed by atoms with Crippen molar-refractivity contribution in [3.8, 4) is 0 Å². The molecule has 2 aliphatic rings. The summed E-state index contributed by atoms with van der Waals surface area (Å²) in [6.45, 7) is 0. The molecule has 1 heteroatoms. The minimum absolute atomic E-state index is 0.356. The van der Waals surface area contributed by atoms with Crippen LogP contribution in [0.2, 0.25) is 0 Å². The molecule has 3 rings (SSSR count). The van der Waals surface area contributed by atoms with Gasteiger partial charge in [-0.15, -0.1) is 0 Å². The van der Waals surface area contributed by atoms with Gasteiger partial charge in [-0.2, -0.15) is 0 Å². The van der Waals surface area contributed by atoms with Crippen molar-refractivity contribution in [2.24, 2.45) is 11.8 Å². The first kappa shape index (κ1) is 12.0. The summed E-state index contributed by atoms with van der Waals surface area (Å²) in [4.78, 5) is 12.0. The van der Waals surface area contributed by atoms with Crippen LogP contribution in [0.4, 0.5) is 0 Å². The highest BCUT2D eigenvalue weighted by atomic mass is 16.1. The number of carbonyl (C=O) groups excluding carboxylic acids is 1. The molecule has 0 aromatic heterocycles. The Kier molecular flexibility index (Phi) is 3.49. The molecule has 2 fully saturated rings. The normalized spacial score (nSPS) is 29.0. The van der Waals surface area contributed by atoms with E-state index in [1.807, 2.05) is 0 Å². The van der Waals surface area contributed by atoms with Gasteiger partial charge < -0.3 is 0 Å². The van der Waals surface area contributed by atoms with Gasteiger partial charge in [0.1, 0.15) is 5.78 Å². The van der Waals surface area contributed by atoms with Crippen molar-refractivity contribution in [1.29, 1.82) is 0 Å². The lowest BCUT2D eigenvalue weighted by atomic mass is 9.70. The molecule has 96 valence electrons. The fourth-order valence-corrected chi connectivity index (χ4v) is 3.50. The van der Waals surface area contributed by atoms with Crippen molar-refractivity contribution in [2.45, 2.75) is 50.9 Å². The van der Waals surface area contributed by atoms with E-state index in [0.29, 0.717) is 17.6 Å². The molecule has 1 aromatic carbocycles. The molecule has 0 saturated heterocycles. The van der Waals surface area contributed by atoms with Crippen molar-refractivity contribution in [1.82, 2.24) is 0 Å². The van der Waals surface area contributed by atoms with Gasteiger partial charge in [-0.1, -0.05) is 49.6 Å². The highest BCUT2D eigenvalue weighted by Gasteiger charge is 2.32. The van der Waals surface area contributed by atoms with Gasteiger partial charge in [0.25, 0.3) is 0 Å². The zero-order chi connectivity index (χ0) is 12.4. The highest BCUT2D eigenvalue weighted by molar-refractivity contribution is 5.82. The first-order valence-electron chi connectivity index (χ1n) is 7.40. The van der Waals surface area contributed by atoms with Crippen LogP contribution in [-0.4, -0.2) is 5.78 Å². The van der Waals surface area contributed by atoms with E-state index in [9.17, 15) is 4.79 Å². The minimum atomic E-state index is 0.356. The lowest BCUT2D eigenvalue weighted by molar-refractivity contribution is -0.125. The second kappa shape index (κ2) is 5.26. The Bertz CT molecular complexity index is 405. The molecule has 0 aliphatic heterocycles. The molecule has 0 radical (unpaired) electrons. The van der Waals surface area contributed by atoms with Gasteiger partial charge in [0.05, 0.1) is 0 Å². The summed E-state index contributed by atoms with van der Waals surface area (Å²) in [5.41, 5.74) is 1.43. The quantitative estimate of drug-likeness (QED) is 0.771. The Labute approximate surface area is 110 Å². The average molecular weight is 242 g/mol. The standard InChI is InChI=1S/C17H22O/c18-17-10-9-15(14-7-2-1-3-8-14)12-16(17)11-13-5-4-6-13/h1-3,7-8,13,15-16H,4-6,9-12H2. The Hall–Kier alpha value is -1.11. The average Bonchev–Trinajstić information content (AvgIpc) is 2.37. The molecule has 18 heavy (non-hydrogen) atoms. The maximum atomic E-state index is 12.0. The van der Waals surface area contributed by atoms with E-state index in [0.717, 1.165) is 25.2 Å². The Balaban J connectivity index is 1.65. The second-order valence-electron chi connectivity index (χ2n) is 6.08. The lowest BCUT2D eigenvalue weighted by Crippen LogP contribution is -2.27. The zero-order valence-corrected chi connectivity index (χ0v) is 11.0. The molecule has 2 aliphatic carbocycles. The van der Waals surface area contributed by atoms with E-state index in [-0.39, 0.29) is 0 Å². The Morgan fingerprint density at radius 1 is 1.06 bits per heavy atom. The van der Waals surface area contributed by atoms with E-state index in [2.05, 4.69) is 30.3 Å². The van der Waals surface area contributed by atoms with Crippen LogP contribution in [0.3, 0.4) is 0 Å². The monoisotopic (exact) mass is 242 g/mol. The van der Waals surface area contributed by atoms with Crippen LogP contribution in [0, 0.1) is 11.8 Å². The van der Waals surface area contributed by atoms with E-state index >= 15 is 0 Å². The smallest absolute Gasteiger partial charge is 0.136 e. The van der Waals surface area contributed by atoms with Crippen molar-refractivity contribution in [3.05, 3.63) is 35.9 Å². The Morgan fingerprint density at radius 3 is 2.50 bits per heavy atom. The van der Waals surface area contributed by atoms with Crippen LogP contribution >= 0.6 is 0 Å². The van der Waals surface area contributed by atoms with Gasteiger partial charge in [0.2, 0.25) is 0 Å². The third-order valence-electron chi connectivity index (χ3n) is 4.88. The fraction of sp³-hybridized carbons (Fsp3) is 0.588. The number of carbonyl (C=O) groups is 1. The summed E-state index contributed by atoms with van der Waals surface area (Å²) < 4.78 is 0. The maximum Gasteiger partial charge on any atom is 0.136 e. The summed E-state index contributed by atoms with van der Waals surface area (Å²) in [6.07, 6.45) is 8.23. The zero-order valence-electron chi connectivity index (χ0n) is 11.0. The molecule has 0 bridgehead atoms. The molecule has 2 unspecified atom stereocenters. The van der Waals surface area contributed by atoms with Gasteiger partial charge in [-0.05, 0) is 36.7 Å². The molecule has 0 N–H and O–H groups in total. The van der Waals surface area contributed by atoms with Crippen LogP contribution in [0.1, 0.15) is 56.4 Å². The molecule has 0 heterocycles. The van der Waals surface area contributed by atoms with Crippen LogP contribution < -0.4 is 0 Å². The summed E-state index contributed by atoms with van der Waals surface area (Å²) in [5, 5.41) is 0. The molecule has 0 amide bonds. The van der Waals surface area contributed by atoms with Gasteiger partial charge in [0.15, 0.2) is 0 Å². The Morgan fingerprint density at radius 2 is 1.83 bits per heavy atom. The second-order valence-corrected chi connectivity index (χ2v) is 6.08. The number of hydrogen-bond donors (Lipinski definition) is 0. The van der Waals surface area contributed by atoms with Crippen molar-refractivity contribution >= 4 is 5.78 Å². The van der Waals surface area contributed by atoms with E-state index in [1.165, 1.54) is 31.2 Å². The van der Waals surface area contributed by atoms with Gasteiger partial charge >= 0.3 is 0 Å². The van der Waals surface area contributed by atoms with Crippen LogP contribution in [0.15, 0.2) is 30.3 Å². The largest absolute Gasteiger partial charge is 0.299 e. The van der Waals surface area contributed by atoms with E-state index in [1.54, 1.807) is 0 Å². The summed E-state index contributed by atoms with van der Waals surface area (Å²) >= 11 is 0. The molecule has 0 spiro atoms. The van der Waals surface area contributed by atoms with E-state index < -0.39 is 0 Å². The number of rotatable bonds is 3.